The fourth-order valence-electron chi connectivity index (χ4n) is 13.1. The van der Waals surface area contributed by atoms with Crippen LogP contribution in [0.15, 0.2) is 131 Å². The first kappa shape index (κ1) is 68.7. The van der Waals surface area contributed by atoms with Crippen LogP contribution in [-0.4, -0.2) is 52.9 Å². The minimum Gasteiger partial charge on any atom is -0.493 e. The number of ether oxygens (including phenoxy) is 9. The number of thiol groups is 2. The van der Waals surface area contributed by atoms with Crippen molar-refractivity contribution in [2.75, 3.05) is 52.9 Å². The summed E-state index contributed by atoms with van der Waals surface area (Å²) in [4.78, 5) is 1.75. The van der Waals surface area contributed by atoms with Gasteiger partial charge in [0.05, 0.1) is 66.1 Å². The lowest BCUT2D eigenvalue weighted by Gasteiger charge is -2.24. The number of para-hydroxylation sites is 4. The van der Waals surface area contributed by atoms with E-state index in [9.17, 15) is 0 Å². The van der Waals surface area contributed by atoms with Gasteiger partial charge in [0.15, 0.2) is 0 Å². The molecular weight excluding hydrogens is 1190 g/mol. The largest absolute Gasteiger partial charge is 0.493 e. The van der Waals surface area contributed by atoms with Crippen LogP contribution < -0.4 is 37.9 Å². The lowest BCUT2D eigenvalue weighted by molar-refractivity contribution is 0.107. The Balaban J connectivity index is 1.11. The van der Waals surface area contributed by atoms with E-state index >= 15 is 0 Å². The van der Waals surface area contributed by atoms with E-state index in [4.69, 9.17) is 67.9 Å². The maximum absolute atomic E-state index is 7.10. The normalized spacial score (nSPS) is 12.7. The number of benzene rings is 8. The van der Waals surface area contributed by atoms with Gasteiger partial charge >= 0.3 is 0 Å². The molecule has 0 unspecified atom stereocenters. The minimum atomic E-state index is 0.347. The Labute approximate surface area is 566 Å². The van der Waals surface area contributed by atoms with E-state index in [0.717, 1.165) is 207 Å². The van der Waals surface area contributed by atoms with Crippen LogP contribution >= 0.6 is 25.3 Å². The molecule has 0 aliphatic heterocycles. The van der Waals surface area contributed by atoms with Crippen LogP contribution in [0.25, 0.3) is 0 Å². The molecule has 0 atom stereocenters. The van der Waals surface area contributed by atoms with Gasteiger partial charge in [-0.2, -0.15) is 0 Å². The Morgan fingerprint density at radius 2 is 0.398 bits per heavy atom. The fraction of sp³-hybridized carbons (Fsp3) is 0.415. The molecule has 0 amide bonds. The molecule has 0 radical (unpaired) electrons. The molecular formula is C82H98O9S2. The third-order valence-electron chi connectivity index (χ3n) is 17.0. The zero-order chi connectivity index (χ0) is 65.1. The van der Waals surface area contributed by atoms with Crippen molar-refractivity contribution in [2.24, 2.45) is 0 Å². The van der Waals surface area contributed by atoms with Crippen molar-refractivity contribution in [1.82, 2.24) is 0 Å². The summed E-state index contributed by atoms with van der Waals surface area (Å²) in [7, 11) is 0. The molecule has 0 N–H and O–H groups in total. The lowest BCUT2D eigenvalue weighted by atomic mass is 9.90. The van der Waals surface area contributed by atoms with Crippen LogP contribution in [0.2, 0.25) is 0 Å². The summed E-state index contributed by atoms with van der Waals surface area (Å²) in [5.41, 5.74) is 19.6. The van der Waals surface area contributed by atoms with E-state index in [2.05, 4.69) is 177 Å². The van der Waals surface area contributed by atoms with Crippen molar-refractivity contribution in [1.29, 1.82) is 0 Å². The summed E-state index contributed by atoms with van der Waals surface area (Å²) in [6.07, 6.45) is 11.8. The number of hydrogen-bond donors (Lipinski definition) is 2. The van der Waals surface area contributed by atoms with Crippen molar-refractivity contribution < 1.29 is 42.6 Å². The Kier molecular flexibility index (Phi) is 25.3. The molecule has 10 rings (SSSR count). The second-order valence-corrected chi connectivity index (χ2v) is 26.0. The molecule has 0 fully saturated rings. The molecule has 2 aliphatic rings. The standard InChI is InChI=1S/C82H98O9S2/c1-9-29-84-75-57-21-17-25-61(75)43-65-37-55(39-67(79(65)88-33-13-5)47-71-51-73(92)49-69(81(71)90-35-15-7)45-63-27-19-23-59(41-57)77(63)86-31-11-3)53-83-54-56-38-66-44-62-26-18-22-58(76(62)85-30-10-2)42-60-24-20-28-64(78(60)87-32-12-4)46-70-50-74(93)52-72(82(70)91-36-16-8)48-68(40-56)80(66)89-34-14-6/h17-28,37-40,49-52,92-93H,9-16,29-36,41-48,53-54H2,1-8H3. The number of rotatable bonds is 28. The average Bonchev–Trinajstić information content (AvgIpc) is 0.803. The van der Waals surface area contributed by atoms with E-state index in [1.807, 2.05) is 0 Å². The second-order valence-electron chi connectivity index (χ2n) is 25.0. The van der Waals surface area contributed by atoms with Gasteiger partial charge in [-0.1, -0.05) is 128 Å². The Bertz CT molecular complexity index is 3550. The summed E-state index contributed by atoms with van der Waals surface area (Å²) in [5.74, 6) is 7.24. The highest BCUT2D eigenvalue weighted by atomic mass is 32.1. The van der Waals surface area contributed by atoms with Gasteiger partial charge in [0.2, 0.25) is 0 Å². The van der Waals surface area contributed by atoms with Crippen molar-refractivity contribution >= 4 is 25.3 Å². The molecule has 8 aromatic rings. The molecule has 0 saturated heterocycles. The molecule has 492 valence electrons. The first-order chi connectivity index (χ1) is 45.6. The number of fused-ring (bicyclic) bond motifs is 16. The molecule has 8 aromatic carbocycles. The zero-order valence-corrected chi connectivity index (χ0v) is 58.3. The molecule has 93 heavy (non-hydrogen) atoms. The van der Waals surface area contributed by atoms with Crippen molar-refractivity contribution in [3.8, 4) is 46.0 Å². The third-order valence-corrected chi connectivity index (χ3v) is 17.5. The summed E-state index contributed by atoms with van der Waals surface area (Å²) < 4.78 is 62.1. The van der Waals surface area contributed by atoms with Gasteiger partial charge in [0.1, 0.15) is 46.0 Å². The fourth-order valence-corrected chi connectivity index (χ4v) is 13.7. The van der Waals surface area contributed by atoms with Crippen LogP contribution in [0.4, 0.5) is 0 Å². The van der Waals surface area contributed by atoms with Gasteiger partial charge in [-0.05, 0) is 178 Å². The predicted octanol–water partition coefficient (Wildman–Crippen LogP) is 19.6. The molecule has 9 nitrogen and oxygen atoms in total. The van der Waals surface area contributed by atoms with Crippen molar-refractivity contribution in [3.63, 3.8) is 0 Å². The van der Waals surface area contributed by atoms with E-state index in [1.165, 1.54) is 0 Å². The van der Waals surface area contributed by atoms with Gasteiger partial charge in [-0.3, -0.25) is 0 Å². The minimum absolute atomic E-state index is 0.347. The van der Waals surface area contributed by atoms with Gasteiger partial charge in [-0.25, -0.2) is 0 Å². The smallest absolute Gasteiger partial charge is 0.126 e. The zero-order valence-electron chi connectivity index (χ0n) is 56.5. The second kappa shape index (κ2) is 34.3. The summed E-state index contributed by atoms with van der Waals surface area (Å²) in [5, 5.41) is 0. The monoisotopic (exact) mass is 1290 g/mol. The highest BCUT2D eigenvalue weighted by molar-refractivity contribution is 7.80. The van der Waals surface area contributed by atoms with Crippen LogP contribution in [-0.2, 0) is 69.3 Å². The molecule has 0 aromatic heterocycles. The summed E-state index contributed by atoms with van der Waals surface area (Å²) in [6, 6.07) is 44.3. The summed E-state index contributed by atoms with van der Waals surface area (Å²) >= 11 is 10.2. The molecule has 2 aliphatic carbocycles. The van der Waals surface area contributed by atoms with Crippen LogP contribution in [0.3, 0.4) is 0 Å². The molecule has 16 bridgehead atoms. The lowest BCUT2D eigenvalue weighted by Crippen LogP contribution is -2.11. The first-order valence-electron chi connectivity index (χ1n) is 34.6. The third kappa shape index (κ3) is 17.4. The van der Waals surface area contributed by atoms with E-state index in [0.29, 0.717) is 117 Å². The Morgan fingerprint density at radius 1 is 0.237 bits per heavy atom. The number of hydrogen-bond acceptors (Lipinski definition) is 11. The van der Waals surface area contributed by atoms with Crippen molar-refractivity contribution in [2.45, 2.75) is 181 Å². The maximum atomic E-state index is 7.10. The highest BCUT2D eigenvalue weighted by Crippen LogP contribution is 2.44. The van der Waals surface area contributed by atoms with Gasteiger partial charge in [0, 0.05) is 83.4 Å². The predicted molar refractivity (Wildman–Crippen MR) is 383 cm³/mol. The highest BCUT2D eigenvalue weighted by Gasteiger charge is 2.27. The van der Waals surface area contributed by atoms with Gasteiger partial charge in [0.25, 0.3) is 0 Å². The Hall–Kier alpha value is -7.18. The van der Waals surface area contributed by atoms with Crippen LogP contribution in [0.5, 0.6) is 46.0 Å². The average molecular weight is 1290 g/mol. The maximum Gasteiger partial charge on any atom is 0.126 e. The molecule has 0 heterocycles. The Morgan fingerprint density at radius 3 is 0.591 bits per heavy atom. The van der Waals surface area contributed by atoms with Gasteiger partial charge < -0.3 is 42.6 Å². The van der Waals surface area contributed by atoms with E-state index in [-0.39, 0.29) is 0 Å². The first-order valence-corrected chi connectivity index (χ1v) is 35.5. The summed E-state index contributed by atoms with van der Waals surface area (Å²) in [6.45, 7) is 22.7. The molecule has 0 spiro atoms. The molecule has 0 saturated carbocycles. The quantitative estimate of drug-likeness (QED) is 0.0466. The SMILES string of the molecule is CCCOc1c2cccc1Cc1cc(S)cc(c1OCCC)Cc1cc(COCc3cc4c(OCCC)c(c3)Cc3cc(S)cc(c3OCCC)Cc3cccc(c3OCCC)Cc3cccc(c3OCCC)C4)cc(c1OCCC)Cc1cccc(c1OCCC)C2. The van der Waals surface area contributed by atoms with E-state index < -0.39 is 0 Å². The molecule has 11 heteroatoms. The van der Waals surface area contributed by atoms with Gasteiger partial charge in [-0.15, -0.1) is 25.3 Å². The van der Waals surface area contributed by atoms with Crippen LogP contribution in [0.1, 0.15) is 207 Å². The van der Waals surface area contributed by atoms with Crippen LogP contribution in [0, 0.1) is 0 Å². The topological polar surface area (TPSA) is 83.1 Å². The van der Waals surface area contributed by atoms with E-state index in [1.54, 1.807) is 0 Å². The van der Waals surface area contributed by atoms with Crippen molar-refractivity contribution in [3.05, 3.63) is 221 Å².